The van der Waals surface area contributed by atoms with Gasteiger partial charge >= 0.3 is 0 Å². The SMILES string of the molecule is CC(C)(C)C(=O)Nc1ccc(NC(=O)c2csc3ccccc23)cc1. The summed E-state index contributed by atoms with van der Waals surface area (Å²) in [6.07, 6.45) is 0. The van der Waals surface area contributed by atoms with Gasteiger partial charge in [-0.15, -0.1) is 11.3 Å². The Morgan fingerprint density at radius 3 is 2.12 bits per heavy atom. The van der Waals surface area contributed by atoms with Crippen molar-refractivity contribution in [3.63, 3.8) is 0 Å². The van der Waals surface area contributed by atoms with Gasteiger partial charge < -0.3 is 10.6 Å². The Hall–Kier alpha value is -2.66. The Labute approximate surface area is 150 Å². The van der Waals surface area contributed by atoms with Crippen LogP contribution in [0.4, 0.5) is 11.4 Å². The van der Waals surface area contributed by atoms with Gasteiger partial charge in [0.15, 0.2) is 0 Å². The molecule has 1 aromatic heterocycles. The first-order valence-corrected chi connectivity index (χ1v) is 8.92. The summed E-state index contributed by atoms with van der Waals surface area (Å²) in [5, 5.41) is 8.60. The predicted molar refractivity (Wildman–Crippen MR) is 104 cm³/mol. The van der Waals surface area contributed by atoms with Crippen LogP contribution < -0.4 is 10.6 Å². The quantitative estimate of drug-likeness (QED) is 0.686. The molecule has 3 aromatic rings. The second kappa shape index (κ2) is 6.69. The Kier molecular flexibility index (Phi) is 4.59. The molecule has 2 aromatic carbocycles. The summed E-state index contributed by atoms with van der Waals surface area (Å²) in [5.74, 6) is -0.182. The minimum absolute atomic E-state index is 0.0472. The molecule has 128 valence electrons. The van der Waals surface area contributed by atoms with Crippen molar-refractivity contribution in [1.82, 2.24) is 0 Å². The van der Waals surface area contributed by atoms with Gasteiger partial charge in [0.2, 0.25) is 5.91 Å². The molecule has 0 aliphatic heterocycles. The fraction of sp³-hybridized carbons (Fsp3) is 0.200. The van der Waals surface area contributed by atoms with Crippen LogP contribution in [-0.4, -0.2) is 11.8 Å². The molecule has 0 fully saturated rings. The molecule has 0 spiro atoms. The molecule has 2 N–H and O–H groups in total. The van der Waals surface area contributed by atoms with Gasteiger partial charge in [0.05, 0.1) is 5.56 Å². The maximum atomic E-state index is 12.5. The van der Waals surface area contributed by atoms with E-state index in [1.165, 1.54) is 0 Å². The minimum Gasteiger partial charge on any atom is -0.326 e. The maximum absolute atomic E-state index is 12.5. The van der Waals surface area contributed by atoms with Crippen LogP contribution >= 0.6 is 11.3 Å². The van der Waals surface area contributed by atoms with Crippen LogP contribution in [0.3, 0.4) is 0 Å². The third-order valence-electron chi connectivity index (χ3n) is 3.81. The van der Waals surface area contributed by atoms with Crippen molar-refractivity contribution in [3.8, 4) is 0 Å². The van der Waals surface area contributed by atoms with Gasteiger partial charge in [-0.3, -0.25) is 9.59 Å². The van der Waals surface area contributed by atoms with E-state index in [0.717, 1.165) is 10.1 Å². The Morgan fingerprint density at radius 2 is 1.48 bits per heavy atom. The molecule has 5 heteroatoms. The Bertz CT molecular complexity index is 921. The third kappa shape index (κ3) is 3.88. The maximum Gasteiger partial charge on any atom is 0.257 e. The minimum atomic E-state index is -0.451. The predicted octanol–water partition coefficient (Wildman–Crippen LogP) is 5.14. The third-order valence-corrected chi connectivity index (χ3v) is 4.77. The lowest BCUT2D eigenvalue weighted by atomic mass is 9.95. The molecule has 0 aliphatic rings. The monoisotopic (exact) mass is 352 g/mol. The molecule has 1 heterocycles. The van der Waals surface area contributed by atoms with Gasteiger partial charge in [0.25, 0.3) is 5.91 Å². The Balaban J connectivity index is 1.71. The molecule has 0 radical (unpaired) electrons. The molecule has 0 atom stereocenters. The van der Waals surface area contributed by atoms with Crippen molar-refractivity contribution in [2.45, 2.75) is 20.8 Å². The molecular weight excluding hydrogens is 332 g/mol. The summed E-state index contributed by atoms with van der Waals surface area (Å²) in [6.45, 7) is 5.59. The lowest BCUT2D eigenvalue weighted by Gasteiger charge is -2.17. The molecule has 0 saturated carbocycles. The zero-order valence-electron chi connectivity index (χ0n) is 14.4. The van der Waals surface area contributed by atoms with Crippen LogP contribution in [0.25, 0.3) is 10.1 Å². The number of amides is 2. The highest BCUT2D eigenvalue weighted by atomic mass is 32.1. The lowest BCUT2D eigenvalue weighted by Crippen LogP contribution is -2.27. The number of nitrogens with one attached hydrogen (secondary N) is 2. The summed E-state index contributed by atoms with van der Waals surface area (Å²) in [5.41, 5.74) is 1.62. The first-order chi connectivity index (χ1) is 11.8. The largest absolute Gasteiger partial charge is 0.326 e. The normalized spacial score (nSPS) is 11.3. The van der Waals surface area contributed by atoms with Crippen LogP contribution in [0.15, 0.2) is 53.9 Å². The Morgan fingerprint density at radius 1 is 0.880 bits per heavy atom. The first-order valence-electron chi connectivity index (χ1n) is 8.04. The van der Waals surface area contributed by atoms with Gasteiger partial charge in [-0.1, -0.05) is 39.0 Å². The van der Waals surface area contributed by atoms with Gasteiger partial charge in [0, 0.05) is 32.3 Å². The van der Waals surface area contributed by atoms with E-state index < -0.39 is 5.41 Å². The molecule has 3 rings (SSSR count). The van der Waals surface area contributed by atoms with Crippen molar-refractivity contribution in [2.24, 2.45) is 5.41 Å². The van der Waals surface area contributed by atoms with Crippen LogP contribution in [0.1, 0.15) is 31.1 Å². The van der Waals surface area contributed by atoms with E-state index in [0.29, 0.717) is 16.9 Å². The fourth-order valence-electron chi connectivity index (χ4n) is 2.31. The molecule has 0 aliphatic carbocycles. The van der Waals surface area contributed by atoms with E-state index in [1.807, 2.05) is 50.4 Å². The van der Waals surface area contributed by atoms with E-state index in [2.05, 4.69) is 10.6 Å². The molecule has 4 nitrogen and oxygen atoms in total. The van der Waals surface area contributed by atoms with E-state index >= 15 is 0 Å². The fourth-order valence-corrected chi connectivity index (χ4v) is 3.25. The number of hydrogen-bond donors (Lipinski definition) is 2. The average Bonchev–Trinajstić information content (AvgIpc) is 3.00. The second-order valence-corrected chi connectivity index (χ2v) is 7.79. The summed E-state index contributed by atoms with van der Waals surface area (Å²) in [4.78, 5) is 24.5. The molecule has 0 bridgehead atoms. The number of carbonyl (C=O) groups excluding carboxylic acids is 2. The number of anilines is 2. The van der Waals surface area contributed by atoms with E-state index in [-0.39, 0.29) is 11.8 Å². The summed E-state index contributed by atoms with van der Waals surface area (Å²) in [6, 6.07) is 15.0. The standard InChI is InChI=1S/C20H20N2O2S/c1-20(2,3)19(24)22-14-10-8-13(9-11-14)21-18(23)16-12-25-17-7-5-4-6-15(16)17/h4-12H,1-3H3,(H,21,23)(H,22,24). The van der Waals surface area contributed by atoms with Crippen LogP contribution in [0.5, 0.6) is 0 Å². The zero-order valence-corrected chi connectivity index (χ0v) is 15.2. The van der Waals surface area contributed by atoms with E-state index in [1.54, 1.807) is 35.6 Å². The molecule has 0 saturated heterocycles. The second-order valence-electron chi connectivity index (χ2n) is 6.88. The average molecular weight is 352 g/mol. The van der Waals surface area contributed by atoms with Gasteiger partial charge in [-0.2, -0.15) is 0 Å². The number of fused-ring (bicyclic) bond motifs is 1. The summed E-state index contributed by atoms with van der Waals surface area (Å²) >= 11 is 1.56. The molecule has 25 heavy (non-hydrogen) atoms. The lowest BCUT2D eigenvalue weighted by molar-refractivity contribution is -0.123. The van der Waals surface area contributed by atoms with Gasteiger partial charge in [-0.05, 0) is 30.3 Å². The number of benzene rings is 2. The highest BCUT2D eigenvalue weighted by molar-refractivity contribution is 7.17. The van der Waals surface area contributed by atoms with Crippen molar-refractivity contribution >= 4 is 44.6 Å². The van der Waals surface area contributed by atoms with Crippen molar-refractivity contribution < 1.29 is 9.59 Å². The smallest absolute Gasteiger partial charge is 0.257 e. The number of rotatable bonds is 3. The van der Waals surface area contributed by atoms with Crippen LogP contribution in [0.2, 0.25) is 0 Å². The summed E-state index contributed by atoms with van der Waals surface area (Å²) in [7, 11) is 0. The van der Waals surface area contributed by atoms with Crippen molar-refractivity contribution in [1.29, 1.82) is 0 Å². The molecule has 2 amide bonds. The molecular formula is C20H20N2O2S. The van der Waals surface area contributed by atoms with Gasteiger partial charge in [-0.25, -0.2) is 0 Å². The highest BCUT2D eigenvalue weighted by Gasteiger charge is 2.21. The number of thiophene rings is 1. The summed E-state index contributed by atoms with van der Waals surface area (Å²) < 4.78 is 1.09. The van der Waals surface area contributed by atoms with Crippen molar-refractivity contribution in [2.75, 3.05) is 10.6 Å². The van der Waals surface area contributed by atoms with Crippen molar-refractivity contribution in [3.05, 3.63) is 59.5 Å². The van der Waals surface area contributed by atoms with Crippen LogP contribution in [0, 0.1) is 5.41 Å². The number of carbonyl (C=O) groups is 2. The zero-order chi connectivity index (χ0) is 18.0. The molecule has 0 unspecified atom stereocenters. The van der Waals surface area contributed by atoms with E-state index in [4.69, 9.17) is 0 Å². The highest BCUT2D eigenvalue weighted by Crippen LogP contribution is 2.26. The first kappa shape index (κ1) is 17.2. The van der Waals surface area contributed by atoms with Gasteiger partial charge in [0.1, 0.15) is 0 Å². The topological polar surface area (TPSA) is 58.2 Å². The van der Waals surface area contributed by atoms with Crippen LogP contribution in [-0.2, 0) is 4.79 Å². The number of hydrogen-bond acceptors (Lipinski definition) is 3. The van der Waals surface area contributed by atoms with E-state index in [9.17, 15) is 9.59 Å².